The maximum absolute atomic E-state index is 13.2. The molecule has 0 atom stereocenters. The highest BCUT2D eigenvalue weighted by Gasteiger charge is 2.16. The number of anilines is 1. The van der Waals surface area contributed by atoms with E-state index in [1.54, 1.807) is 10.6 Å². The van der Waals surface area contributed by atoms with Gasteiger partial charge in [-0.1, -0.05) is 17.4 Å². The van der Waals surface area contributed by atoms with Crippen molar-refractivity contribution < 1.29 is 30.8 Å². The molecule has 0 aliphatic rings. The molecule has 4 aromatic rings. The number of amides is 1. The Morgan fingerprint density at radius 3 is 2.41 bits per heavy atom. The second-order valence-corrected chi connectivity index (χ2v) is 12.7. The minimum absolute atomic E-state index is 0.131. The molecule has 3 aromatic carbocycles. The SMILES string of the molecule is COCCn1c(=NC(=O)c2cccc(NS(=O)(=O)c3ccc(F)cc3)c2)sc2cc(S(C)(=O)=O)ccc21. The van der Waals surface area contributed by atoms with Crippen molar-refractivity contribution in [1.82, 2.24) is 4.57 Å². The zero-order chi connectivity index (χ0) is 26.8. The molecule has 0 radical (unpaired) electrons. The molecule has 0 spiro atoms. The number of hydrogen-bond donors (Lipinski definition) is 1. The van der Waals surface area contributed by atoms with Gasteiger partial charge in [-0.05, 0) is 60.7 Å². The number of hydrogen-bond acceptors (Lipinski definition) is 7. The molecule has 1 N–H and O–H groups in total. The van der Waals surface area contributed by atoms with E-state index in [9.17, 15) is 26.0 Å². The number of nitrogens with zero attached hydrogens (tertiary/aromatic N) is 2. The van der Waals surface area contributed by atoms with Crippen LogP contribution in [0.25, 0.3) is 10.2 Å². The van der Waals surface area contributed by atoms with E-state index in [2.05, 4.69) is 9.71 Å². The van der Waals surface area contributed by atoms with E-state index in [1.807, 2.05) is 0 Å². The van der Waals surface area contributed by atoms with E-state index in [0.29, 0.717) is 28.2 Å². The Hall–Kier alpha value is -3.39. The second-order valence-electron chi connectivity index (χ2n) is 7.99. The highest BCUT2D eigenvalue weighted by molar-refractivity contribution is 7.92. The largest absolute Gasteiger partial charge is 0.383 e. The third kappa shape index (κ3) is 6.13. The number of carbonyl (C=O) groups is 1. The van der Waals surface area contributed by atoms with E-state index in [-0.39, 0.29) is 21.0 Å². The molecule has 0 aliphatic heterocycles. The average Bonchev–Trinajstić information content (AvgIpc) is 3.18. The summed E-state index contributed by atoms with van der Waals surface area (Å²) in [5.41, 5.74) is 0.959. The number of rotatable bonds is 8. The molecule has 13 heteroatoms. The molecular formula is C24H22FN3O6S3. The van der Waals surface area contributed by atoms with E-state index in [0.717, 1.165) is 41.9 Å². The maximum atomic E-state index is 13.2. The normalized spacial score (nSPS) is 12.7. The van der Waals surface area contributed by atoms with E-state index in [1.165, 1.54) is 43.5 Å². The molecule has 0 unspecified atom stereocenters. The maximum Gasteiger partial charge on any atom is 0.279 e. The van der Waals surface area contributed by atoms with Gasteiger partial charge in [0.05, 0.1) is 26.6 Å². The number of sulfonamides is 1. The van der Waals surface area contributed by atoms with Crippen LogP contribution in [0.5, 0.6) is 0 Å². The predicted molar refractivity (Wildman–Crippen MR) is 138 cm³/mol. The number of carbonyl (C=O) groups excluding carboxylic acids is 1. The molecule has 9 nitrogen and oxygen atoms in total. The summed E-state index contributed by atoms with van der Waals surface area (Å²) >= 11 is 1.15. The zero-order valence-electron chi connectivity index (χ0n) is 19.7. The lowest BCUT2D eigenvalue weighted by molar-refractivity contribution is 0.0997. The Kier molecular flexibility index (Phi) is 7.59. The Balaban J connectivity index is 1.70. The van der Waals surface area contributed by atoms with Crippen molar-refractivity contribution in [2.75, 3.05) is 24.7 Å². The molecule has 37 heavy (non-hydrogen) atoms. The van der Waals surface area contributed by atoms with Gasteiger partial charge < -0.3 is 9.30 Å². The van der Waals surface area contributed by atoms with Crippen molar-refractivity contribution in [1.29, 1.82) is 0 Å². The first-order chi connectivity index (χ1) is 17.5. The smallest absolute Gasteiger partial charge is 0.279 e. The van der Waals surface area contributed by atoms with Gasteiger partial charge in [-0.15, -0.1) is 0 Å². The summed E-state index contributed by atoms with van der Waals surface area (Å²) in [5, 5.41) is 0. The summed E-state index contributed by atoms with van der Waals surface area (Å²) in [6, 6.07) is 14.9. The predicted octanol–water partition coefficient (Wildman–Crippen LogP) is 3.43. The molecule has 1 amide bonds. The van der Waals surface area contributed by atoms with Crippen LogP contribution < -0.4 is 9.52 Å². The Bertz CT molecular complexity index is 1760. The minimum atomic E-state index is -4.01. The van der Waals surface area contributed by atoms with Gasteiger partial charge in [0.15, 0.2) is 14.6 Å². The summed E-state index contributed by atoms with van der Waals surface area (Å²) in [6.07, 6.45) is 1.12. The van der Waals surface area contributed by atoms with Crippen molar-refractivity contribution in [3.8, 4) is 0 Å². The number of sulfone groups is 1. The number of benzene rings is 3. The van der Waals surface area contributed by atoms with Crippen molar-refractivity contribution in [2.24, 2.45) is 4.99 Å². The Morgan fingerprint density at radius 2 is 1.73 bits per heavy atom. The highest BCUT2D eigenvalue weighted by Crippen LogP contribution is 2.23. The second kappa shape index (κ2) is 10.5. The number of halogens is 1. The van der Waals surface area contributed by atoms with Crippen LogP contribution in [-0.2, 0) is 31.1 Å². The lowest BCUT2D eigenvalue weighted by Gasteiger charge is -2.09. The van der Waals surface area contributed by atoms with Crippen LogP contribution in [0.15, 0.2) is 81.5 Å². The fourth-order valence-electron chi connectivity index (χ4n) is 3.46. The van der Waals surface area contributed by atoms with Crippen LogP contribution in [0.1, 0.15) is 10.4 Å². The van der Waals surface area contributed by atoms with Crippen molar-refractivity contribution in [2.45, 2.75) is 16.3 Å². The first-order valence-corrected chi connectivity index (χ1v) is 15.0. The van der Waals surface area contributed by atoms with Gasteiger partial charge in [0.1, 0.15) is 5.82 Å². The fourth-order valence-corrected chi connectivity index (χ4v) is 6.33. The average molecular weight is 564 g/mol. The van der Waals surface area contributed by atoms with Gasteiger partial charge >= 0.3 is 0 Å². The molecule has 0 fully saturated rings. The molecule has 0 saturated carbocycles. The first-order valence-electron chi connectivity index (χ1n) is 10.8. The molecule has 194 valence electrons. The van der Waals surface area contributed by atoms with E-state index in [4.69, 9.17) is 4.74 Å². The topological polar surface area (TPSA) is 124 Å². The van der Waals surface area contributed by atoms with E-state index < -0.39 is 31.6 Å². The first kappa shape index (κ1) is 26.7. The van der Waals surface area contributed by atoms with Crippen LogP contribution in [0.4, 0.5) is 10.1 Å². The molecular weight excluding hydrogens is 541 g/mol. The quantitative estimate of drug-likeness (QED) is 0.350. The van der Waals surface area contributed by atoms with Crippen LogP contribution in [0.3, 0.4) is 0 Å². The Morgan fingerprint density at radius 1 is 1.03 bits per heavy atom. The number of methoxy groups -OCH3 is 1. The lowest BCUT2D eigenvalue weighted by atomic mass is 10.2. The number of fused-ring (bicyclic) bond motifs is 1. The van der Waals surface area contributed by atoms with Crippen LogP contribution >= 0.6 is 11.3 Å². The van der Waals surface area contributed by atoms with Gasteiger partial charge in [0, 0.05) is 31.2 Å². The van der Waals surface area contributed by atoms with Gasteiger partial charge in [-0.25, -0.2) is 21.2 Å². The molecule has 1 aromatic heterocycles. The standard InChI is InChI=1S/C24H22FN3O6S3/c1-34-13-12-28-21-11-10-20(36(2,30)31)15-22(21)35-24(28)26-23(29)16-4-3-5-18(14-16)27-37(32,33)19-8-6-17(25)7-9-19/h3-11,14-15,27H,12-13H2,1-2H3. The number of ether oxygens (including phenoxy) is 1. The molecule has 1 heterocycles. The number of nitrogens with one attached hydrogen (secondary N) is 1. The lowest BCUT2D eigenvalue weighted by Crippen LogP contribution is -2.19. The number of aromatic nitrogens is 1. The van der Waals surface area contributed by atoms with Crippen LogP contribution in [0.2, 0.25) is 0 Å². The van der Waals surface area contributed by atoms with Crippen molar-refractivity contribution >= 4 is 53.0 Å². The molecule has 0 aliphatic carbocycles. The van der Waals surface area contributed by atoms with Crippen LogP contribution in [0, 0.1) is 5.82 Å². The zero-order valence-corrected chi connectivity index (χ0v) is 22.2. The highest BCUT2D eigenvalue weighted by atomic mass is 32.2. The summed E-state index contributed by atoms with van der Waals surface area (Å²) < 4.78 is 72.3. The fraction of sp³-hybridized carbons (Fsp3) is 0.167. The summed E-state index contributed by atoms with van der Waals surface area (Å²) in [4.78, 5) is 17.6. The monoisotopic (exact) mass is 563 g/mol. The summed E-state index contributed by atoms with van der Waals surface area (Å²) in [5.74, 6) is -1.19. The molecule has 0 bridgehead atoms. The van der Waals surface area contributed by atoms with Gasteiger partial charge in [-0.2, -0.15) is 4.99 Å². The number of thiazole rings is 1. The van der Waals surface area contributed by atoms with Crippen molar-refractivity contribution in [3.63, 3.8) is 0 Å². The van der Waals surface area contributed by atoms with Gasteiger partial charge in [0.2, 0.25) is 0 Å². The third-order valence-corrected chi connectivity index (χ3v) is 8.83. The third-order valence-electron chi connectivity index (χ3n) is 5.28. The van der Waals surface area contributed by atoms with Crippen LogP contribution in [-0.4, -0.2) is 47.3 Å². The summed E-state index contributed by atoms with van der Waals surface area (Å²) in [7, 11) is -5.89. The Labute approximate surface area is 216 Å². The van der Waals surface area contributed by atoms with E-state index >= 15 is 0 Å². The molecule has 0 saturated heterocycles. The van der Waals surface area contributed by atoms with Gasteiger partial charge in [-0.3, -0.25) is 9.52 Å². The molecule has 4 rings (SSSR count). The van der Waals surface area contributed by atoms with Gasteiger partial charge in [0.25, 0.3) is 15.9 Å². The summed E-state index contributed by atoms with van der Waals surface area (Å²) in [6.45, 7) is 0.708. The van der Waals surface area contributed by atoms with Crippen molar-refractivity contribution in [3.05, 3.63) is 82.9 Å². The minimum Gasteiger partial charge on any atom is -0.383 e.